The second-order valence-electron chi connectivity index (χ2n) is 6.32. The predicted octanol–water partition coefficient (Wildman–Crippen LogP) is 2.79. The summed E-state index contributed by atoms with van der Waals surface area (Å²) < 4.78 is 5.31. The maximum atomic E-state index is 5.31. The first-order valence-electron chi connectivity index (χ1n) is 7.48. The van der Waals surface area contributed by atoms with Gasteiger partial charge in [0.05, 0.1) is 7.11 Å². The van der Waals surface area contributed by atoms with Crippen molar-refractivity contribution in [1.29, 1.82) is 0 Å². The van der Waals surface area contributed by atoms with Crippen molar-refractivity contribution in [1.82, 2.24) is 10.6 Å². The molecule has 0 spiro atoms. The Morgan fingerprint density at radius 2 is 2.00 bits per heavy atom. The van der Waals surface area contributed by atoms with Crippen molar-refractivity contribution >= 4 is 5.96 Å². The molecule has 1 aromatic rings. The summed E-state index contributed by atoms with van der Waals surface area (Å²) in [5.41, 5.74) is 1.23. The highest BCUT2D eigenvalue weighted by Gasteiger charge is 2.21. The van der Waals surface area contributed by atoms with Crippen LogP contribution in [0.2, 0.25) is 0 Å². The first kappa shape index (κ1) is 17.3. The van der Waals surface area contributed by atoms with Gasteiger partial charge in [-0.1, -0.05) is 39.8 Å². The zero-order chi connectivity index (χ0) is 15.9. The Morgan fingerprint density at radius 3 is 2.57 bits per heavy atom. The number of hydrogen-bond donors (Lipinski definition) is 2. The second-order valence-corrected chi connectivity index (χ2v) is 6.32. The van der Waals surface area contributed by atoms with Crippen molar-refractivity contribution in [2.24, 2.45) is 10.9 Å². The van der Waals surface area contributed by atoms with Crippen LogP contribution < -0.4 is 15.4 Å². The molecule has 0 unspecified atom stereocenters. The lowest BCUT2D eigenvalue weighted by Crippen LogP contribution is -2.44. The quantitative estimate of drug-likeness (QED) is 0.626. The van der Waals surface area contributed by atoms with E-state index in [1.54, 1.807) is 14.2 Å². The number of guanidine groups is 1. The lowest BCUT2D eigenvalue weighted by Gasteiger charge is -2.27. The maximum Gasteiger partial charge on any atom is 0.191 e. The minimum atomic E-state index is -0.00993. The van der Waals surface area contributed by atoms with Crippen molar-refractivity contribution in [3.63, 3.8) is 0 Å². The fraction of sp³-hybridized carbons (Fsp3) is 0.588. The molecule has 1 rings (SSSR count). The summed E-state index contributed by atoms with van der Waals surface area (Å²) in [5.74, 6) is 2.33. The number of nitrogens with one attached hydrogen (secondary N) is 2. The van der Waals surface area contributed by atoms with E-state index in [0.29, 0.717) is 5.92 Å². The molecular formula is C17H29N3O. The number of nitrogens with zero attached hydrogens (tertiary/aromatic N) is 1. The third-order valence-corrected chi connectivity index (χ3v) is 3.45. The molecule has 0 aromatic heterocycles. The van der Waals surface area contributed by atoms with E-state index in [1.807, 2.05) is 12.1 Å². The Balaban J connectivity index is 2.66. The van der Waals surface area contributed by atoms with Crippen LogP contribution in [0.4, 0.5) is 0 Å². The van der Waals surface area contributed by atoms with Crippen molar-refractivity contribution in [3.05, 3.63) is 29.8 Å². The molecule has 0 fully saturated rings. The van der Waals surface area contributed by atoms with Gasteiger partial charge in [0.1, 0.15) is 5.75 Å². The van der Waals surface area contributed by atoms with Gasteiger partial charge in [-0.15, -0.1) is 0 Å². The van der Waals surface area contributed by atoms with Gasteiger partial charge in [0.15, 0.2) is 5.96 Å². The second kappa shape index (κ2) is 7.91. The van der Waals surface area contributed by atoms with Crippen LogP contribution >= 0.6 is 0 Å². The molecular weight excluding hydrogens is 262 g/mol. The highest BCUT2D eigenvalue weighted by molar-refractivity contribution is 5.79. The average molecular weight is 291 g/mol. The average Bonchev–Trinajstić information content (AvgIpc) is 2.47. The minimum Gasteiger partial charge on any atom is -0.497 e. The Kier molecular flexibility index (Phi) is 6.53. The molecule has 0 saturated heterocycles. The third-order valence-electron chi connectivity index (χ3n) is 3.45. The number of hydrogen-bond acceptors (Lipinski definition) is 2. The van der Waals surface area contributed by atoms with Crippen LogP contribution in [-0.2, 0) is 5.41 Å². The highest BCUT2D eigenvalue weighted by Crippen LogP contribution is 2.25. The Bertz CT molecular complexity index is 467. The highest BCUT2D eigenvalue weighted by atomic mass is 16.5. The van der Waals surface area contributed by atoms with Gasteiger partial charge in [-0.3, -0.25) is 4.99 Å². The number of benzene rings is 1. The Morgan fingerprint density at radius 1 is 1.29 bits per heavy atom. The zero-order valence-corrected chi connectivity index (χ0v) is 14.2. The minimum absolute atomic E-state index is 0.00993. The number of ether oxygens (including phenoxy) is 1. The monoisotopic (exact) mass is 291 g/mol. The van der Waals surface area contributed by atoms with Gasteiger partial charge < -0.3 is 15.4 Å². The summed E-state index contributed by atoms with van der Waals surface area (Å²) in [7, 11) is 3.50. The molecule has 0 radical (unpaired) electrons. The van der Waals surface area contributed by atoms with Crippen LogP contribution in [0, 0.1) is 5.92 Å². The predicted molar refractivity (Wildman–Crippen MR) is 90.2 cm³/mol. The summed E-state index contributed by atoms with van der Waals surface area (Å²) in [6.07, 6.45) is 0. The van der Waals surface area contributed by atoms with Crippen LogP contribution in [0.5, 0.6) is 5.75 Å². The topological polar surface area (TPSA) is 45.7 Å². The first-order valence-corrected chi connectivity index (χ1v) is 7.48. The molecule has 0 amide bonds. The Hall–Kier alpha value is -1.71. The third kappa shape index (κ3) is 5.66. The van der Waals surface area contributed by atoms with Crippen molar-refractivity contribution in [2.45, 2.75) is 33.1 Å². The number of rotatable bonds is 6. The van der Waals surface area contributed by atoms with Crippen molar-refractivity contribution in [2.75, 3.05) is 27.2 Å². The summed E-state index contributed by atoms with van der Waals surface area (Å²) in [6, 6.07) is 8.22. The molecule has 21 heavy (non-hydrogen) atoms. The van der Waals surface area contributed by atoms with E-state index in [2.05, 4.69) is 55.5 Å². The molecule has 0 bridgehead atoms. The van der Waals surface area contributed by atoms with E-state index in [9.17, 15) is 0 Å². The smallest absolute Gasteiger partial charge is 0.191 e. The van der Waals surface area contributed by atoms with E-state index in [0.717, 1.165) is 24.8 Å². The molecule has 4 heteroatoms. The summed E-state index contributed by atoms with van der Waals surface area (Å²) in [6.45, 7) is 10.5. The molecule has 1 aromatic carbocycles. The maximum absolute atomic E-state index is 5.31. The van der Waals surface area contributed by atoms with Gasteiger partial charge in [0.2, 0.25) is 0 Å². The van der Waals surface area contributed by atoms with Crippen LogP contribution in [-0.4, -0.2) is 33.2 Å². The summed E-state index contributed by atoms with van der Waals surface area (Å²) in [4.78, 5) is 4.26. The fourth-order valence-electron chi connectivity index (χ4n) is 1.97. The van der Waals surface area contributed by atoms with E-state index >= 15 is 0 Å². The van der Waals surface area contributed by atoms with E-state index < -0.39 is 0 Å². The van der Waals surface area contributed by atoms with E-state index in [1.165, 1.54) is 5.56 Å². The SMILES string of the molecule is CN=C(NCC(C)C)NCC(C)(C)c1cccc(OC)c1. The van der Waals surface area contributed by atoms with Crippen molar-refractivity contribution in [3.8, 4) is 5.75 Å². The van der Waals surface area contributed by atoms with Gasteiger partial charge in [-0.2, -0.15) is 0 Å². The zero-order valence-electron chi connectivity index (χ0n) is 14.2. The van der Waals surface area contributed by atoms with Gasteiger partial charge in [-0.05, 0) is 23.6 Å². The fourth-order valence-corrected chi connectivity index (χ4v) is 1.97. The van der Waals surface area contributed by atoms with Crippen molar-refractivity contribution < 1.29 is 4.74 Å². The molecule has 118 valence electrons. The summed E-state index contributed by atoms with van der Waals surface area (Å²) >= 11 is 0. The van der Waals surface area contributed by atoms with E-state index in [4.69, 9.17) is 4.74 Å². The summed E-state index contributed by atoms with van der Waals surface area (Å²) in [5, 5.41) is 6.73. The molecule has 0 heterocycles. The number of methoxy groups -OCH3 is 1. The van der Waals surface area contributed by atoms with Gasteiger partial charge in [0, 0.05) is 25.6 Å². The molecule has 0 aliphatic rings. The molecule has 0 aliphatic heterocycles. The standard InChI is InChI=1S/C17H29N3O/c1-13(2)11-19-16(18-5)20-12-17(3,4)14-8-7-9-15(10-14)21-6/h7-10,13H,11-12H2,1-6H3,(H2,18,19,20). The molecule has 0 saturated carbocycles. The van der Waals surface area contributed by atoms with Gasteiger partial charge >= 0.3 is 0 Å². The normalized spacial score (nSPS) is 12.4. The molecule has 2 N–H and O–H groups in total. The van der Waals surface area contributed by atoms with Crippen LogP contribution in [0.15, 0.2) is 29.3 Å². The largest absolute Gasteiger partial charge is 0.497 e. The lowest BCUT2D eigenvalue weighted by atomic mass is 9.84. The first-order chi connectivity index (χ1) is 9.89. The van der Waals surface area contributed by atoms with Crippen LogP contribution in [0.1, 0.15) is 33.3 Å². The van der Waals surface area contributed by atoms with Gasteiger partial charge in [0.25, 0.3) is 0 Å². The molecule has 4 nitrogen and oxygen atoms in total. The van der Waals surface area contributed by atoms with E-state index in [-0.39, 0.29) is 5.41 Å². The van der Waals surface area contributed by atoms with Gasteiger partial charge in [-0.25, -0.2) is 0 Å². The molecule has 0 atom stereocenters. The van der Waals surface area contributed by atoms with Crippen LogP contribution in [0.3, 0.4) is 0 Å². The lowest BCUT2D eigenvalue weighted by molar-refractivity contribution is 0.411. The Labute approximate surface area is 129 Å². The molecule has 0 aliphatic carbocycles. The van der Waals surface area contributed by atoms with Crippen LogP contribution in [0.25, 0.3) is 0 Å². The number of aliphatic imine (C=N–C) groups is 1.